The van der Waals surface area contributed by atoms with Crippen LogP contribution in [0.1, 0.15) is 6.92 Å². The second kappa shape index (κ2) is 7.51. The molecule has 0 saturated heterocycles. The number of nitrogens with one attached hydrogen (secondary N) is 1. The lowest BCUT2D eigenvalue weighted by Crippen LogP contribution is -2.33. The third kappa shape index (κ3) is 3.91. The number of para-hydroxylation sites is 1. The predicted octanol–water partition coefficient (Wildman–Crippen LogP) is 3.31. The Morgan fingerprint density at radius 1 is 1.19 bits per heavy atom. The number of carbonyl (C=O) groups is 1. The van der Waals surface area contributed by atoms with Crippen LogP contribution < -0.4 is 9.46 Å². The Balaban J connectivity index is 1.76. The molecule has 1 amide bonds. The summed E-state index contributed by atoms with van der Waals surface area (Å²) in [6, 6.07) is 13.8. The molecule has 0 saturated carbocycles. The SMILES string of the molecule is CCOc1ccc(S(=O)(=O)NC(=O)Cn2ccc3ccccc32)cc1Br. The number of halogens is 1. The number of benzene rings is 2. The molecular weight excluding hydrogens is 420 g/mol. The minimum absolute atomic E-state index is 0.0152. The Kier molecular flexibility index (Phi) is 5.33. The number of nitrogens with zero attached hydrogens (tertiary/aromatic N) is 1. The summed E-state index contributed by atoms with van der Waals surface area (Å²) in [4.78, 5) is 12.2. The van der Waals surface area contributed by atoms with Crippen molar-refractivity contribution >= 4 is 42.8 Å². The molecule has 1 N–H and O–H groups in total. The largest absolute Gasteiger partial charge is 0.493 e. The minimum Gasteiger partial charge on any atom is -0.493 e. The van der Waals surface area contributed by atoms with Crippen LogP contribution >= 0.6 is 15.9 Å². The Hall–Kier alpha value is -2.32. The van der Waals surface area contributed by atoms with Gasteiger partial charge >= 0.3 is 0 Å². The van der Waals surface area contributed by atoms with E-state index in [2.05, 4.69) is 20.7 Å². The highest BCUT2D eigenvalue weighted by Crippen LogP contribution is 2.27. The third-order valence-corrected chi connectivity index (χ3v) is 5.75. The van der Waals surface area contributed by atoms with E-state index in [1.807, 2.05) is 37.3 Å². The van der Waals surface area contributed by atoms with Crippen LogP contribution in [0.25, 0.3) is 10.9 Å². The van der Waals surface area contributed by atoms with E-state index in [0.717, 1.165) is 10.9 Å². The van der Waals surface area contributed by atoms with Crippen LogP contribution in [-0.2, 0) is 21.4 Å². The number of ether oxygens (including phenoxy) is 1. The summed E-state index contributed by atoms with van der Waals surface area (Å²) in [6.45, 7) is 2.21. The maximum absolute atomic E-state index is 12.5. The van der Waals surface area contributed by atoms with E-state index in [9.17, 15) is 13.2 Å². The lowest BCUT2D eigenvalue weighted by atomic mass is 10.2. The van der Waals surface area contributed by atoms with Crippen molar-refractivity contribution < 1.29 is 17.9 Å². The maximum atomic E-state index is 12.5. The number of aromatic nitrogens is 1. The molecule has 0 radical (unpaired) electrons. The maximum Gasteiger partial charge on any atom is 0.264 e. The Labute approximate surface area is 160 Å². The topological polar surface area (TPSA) is 77.4 Å². The van der Waals surface area contributed by atoms with Crippen molar-refractivity contribution in [1.82, 2.24) is 9.29 Å². The van der Waals surface area contributed by atoms with E-state index in [-0.39, 0.29) is 11.4 Å². The van der Waals surface area contributed by atoms with Crippen molar-refractivity contribution in [2.24, 2.45) is 0 Å². The molecule has 0 bridgehead atoms. The van der Waals surface area contributed by atoms with Crippen molar-refractivity contribution in [2.75, 3.05) is 6.61 Å². The molecule has 0 fully saturated rings. The van der Waals surface area contributed by atoms with Crippen molar-refractivity contribution in [3.05, 3.63) is 59.2 Å². The van der Waals surface area contributed by atoms with E-state index in [0.29, 0.717) is 16.8 Å². The van der Waals surface area contributed by atoms with E-state index in [1.54, 1.807) is 16.8 Å². The molecule has 6 nitrogen and oxygen atoms in total. The van der Waals surface area contributed by atoms with Gasteiger partial charge in [0.1, 0.15) is 12.3 Å². The van der Waals surface area contributed by atoms with Gasteiger partial charge in [-0.2, -0.15) is 0 Å². The molecule has 0 aliphatic rings. The normalized spacial score (nSPS) is 11.5. The Morgan fingerprint density at radius 2 is 1.96 bits per heavy atom. The Bertz CT molecular complexity index is 1060. The first-order chi connectivity index (χ1) is 12.4. The fraction of sp³-hybridized carbons (Fsp3) is 0.167. The van der Waals surface area contributed by atoms with Crippen molar-refractivity contribution in [2.45, 2.75) is 18.4 Å². The number of fused-ring (bicyclic) bond motifs is 1. The van der Waals surface area contributed by atoms with E-state index < -0.39 is 15.9 Å². The predicted molar refractivity (Wildman–Crippen MR) is 103 cm³/mol. The van der Waals surface area contributed by atoms with Gasteiger partial charge in [0.05, 0.1) is 16.0 Å². The molecule has 0 aliphatic heterocycles. The number of carbonyl (C=O) groups excluding carboxylic acids is 1. The van der Waals surface area contributed by atoms with Gasteiger partial charge in [-0.1, -0.05) is 18.2 Å². The number of hydrogen-bond acceptors (Lipinski definition) is 4. The molecule has 0 aliphatic carbocycles. The number of rotatable bonds is 6. The highest BCUT2D eigenvalue weighted by atomic mass is 79.9. The molecular formula is C18H17BrN2O4S. The van der Waals surface area contributed by atoms with Gasteiger partial charge < -0.3 is 9.30 Å². The minimum atomic E-state index is -3.97. The lowest BCUT2D eigenvalue weighted by Gasteiger charge is -2.11. The molecule has 3 rings (SSSR count). The zero-order valence-electron chi connectivity index (χ0n) is 14.0. The number of sulfonamides is 1. The monoisotopic (exact) mass is 436 g/mol. The van der Waals surface area contributed by atoms with Crippen LogP contribution in [0.2, 0.25) is 0 Å². The summed E-state index contributed by atoms with van der Waals surface area (Å²) >= 11 is 3.28. The van der Waals surface area contributed by atoms with Gasteiger partial charge in [0, 0.05) is 11.7 Å². The van der Waals surface area contributed by atoms with Crippen molar-refractivity contribution in [1.29, 1.82) is 0 Å². The fourth-order valence-corrected chi connectivity index (χ4v) is 4.24. The highest BCUT2D eigenvalue weighted by molar-refractivity contribution is 9.10. The summed E-state index contributed by atoms with van der Waals surface area (Å²) in [7, 11) is -3.97. The van der Waals surface area contributed by atoms with Crippen LogP contribution in [0, 0.1) is 0 Å². The van der Waals surface area contributed by atoms with Gasteiger partial charge in [-0.25, -0.2) is 13.1 Å². The first kappa shape index (κ1) is 18.5. The fourth-order valence-electron chi connectivity index (χ4n) is 2.60. The standard InChI is InChI=1S/C18H17BrN2O4S/c1-2-25-17-8-7-14(11-15(17)19)26(23,24)20-18(22)12-21-10-9-13-5-3-4-6-16(13)21/h3-11H,2,12H2,1H3,(H,20,22). The van der Waals surface area contributed by atoms with Gasteiger partial charge in [-0.15, -0.1) is 0 Å². The van der Waals surface area contributed by atoms with Crippen LogP contribution in [0.15, 0.2) is 64.1 Å². The molecule has 0 spiro atoms. The van der Waals surface area contributed by atoms with Gasteiger partial charge in [-0.3, -0.25) is 4.79 Å². The zero-order valence-corrected chi connectivity index (χ0v) is 16.4. The Morgan fingerprint density at radius 3 is 2.69 bits per heavy atom. The molecule has 3 aromatic rings. The molecule has 136 valence electrons. The average Bonchev–Trinajstić information content (AvgIpc) is 2.99. The van der Waals surface area contributed by atoms with E-state index >= 15 is 0 Å². The van der Waals surface area contributed by atoms with Gasteiger partial charge in [0.25, 0.3) is 15.9 Å². The summed E-state index contributed by atoms with van der Waals surface area (Å²) in [6.07, 6.45) is 1.75. The zero-order chi connectivity index (χ0) is 18.7. The van der Waals surface area contributed by atoms with E-state index in [4.69, 9.17) is 4.74 Å². The van der Waals surface area contributed by atoms with Crippen molar-refractivity contribution in [3.63, 3.8) is 0 Å². The van der Waals surface area contributed by atoms with Crippen molar-refractivity contribution in [3.8, 4) is 5.75 Å². The van der Waals surface area contributed by atoms with Gasteiger partial charge in [0.2, 0.25) is 0 Å². The van der Waals surface area contributed by atoms with Gasteiger partial charge in [-0.05, 0) is 58.6 Å². The van der Waals surface area contributed by atoms with Crippen LogP contribution in [0.5, 0.6) is 5.75 Å². The molecule has 0 atom stereocenters. The van der Waals surface area contributed by atoms with Gasteiger partial charge in [0.15, 0.2) is 0 Å². The molecule has 26 heavy (non-hydrogen) atoms. The first-order valence-corrected chi connectivity index (χ1v) is 10.2. The summed E-state index contributed by atoms with van der Waals surface area (Å²) in [5.74, 6) is -0.0760. The molecule has 2 aromatic carbocycles. The second-order valence-electron chi connectivity index (χ2n) is 5.56. The molecule has 1 heterocycles. The van der Waals surface area contributed by atoms with Crippen LogP contribution in [-0.4, -0.2) is 25.5 Å². The number of hydrogen-bond donors (Lipinski definition) is 1. The lowest BCUT2D eigenvalue weighted by molar-refractivity contribution is -0.119. The summed E-state index contributed by atoms with van der Waals surface area (Å²) < 4.78 is 34.6. The first-order valence-electron chi connectivity index (χ1n) is 7.92. The smallest absolute Gasteiger partial charge is 0.264 e. The van der Waals surface area contributed by atoms with Crippen LogP contribution in [0.3, 0.4) is 0 Å². The molecule has 0 unspecified atom stereocenters. The number of amides is 1. The molecule has 8 heteroatoms. The summed E-state index contributed by atoms with van der Waals surface area (Å²) in [5, 5.41) is 0.985. The average molecular weight is 437 g/mol. The van der Waals surface area contributed by atoms with Crippen LogP contribution in [0.4, 0.5) is 0 Å². The summed E-state index contributed by atoms with van der Waals surface area (Å²) in [5.41, 5.74) is 0.865. The highest BCUT2D eigenvalue weighted by Gasteiger charge is 2.19. The second-order valence-corrected chi connectivity index (χ2v) is 8.09. The van der Waals surface area contributed by atoms with E-state index in [1.165, 1.54) is 12.1 Å². The molecule has 1 aromatic heterocycles. The third-order valence-electron chi connectivity index (χ3n) is 3.76. The quantitative estimate of drug-likeness (QED) is 0.642.